The van der Waals surface area contributed by atoms with Gasteiger partial charge in [0.05, 0.1) is 5.02 Å². The summed E-state index contributed by atoms with van der Waals surface area (Å²) in [5.41, 5.74) is 2.80. The second-order valence-electron chi connectivity index (χ2n) is 9.38. The molecule has 39 heavy (non-hydrogen) atoms. The van der Waals surface area contributed by atoms with E-state index < -0.39 is 16.1 Å². The monoisotopic (exact) mass is 583 g/mol. The molecule has 5 rings (SSSR count). The van der Waals surface area contributed by atoms with E-state index in [9.17, 15) is 13.2 Å². The number of benzene rings is 3. The van der Waals surface area contributed by atoms with Crippen LogP contribution in [0.5, 0.6) is 5.75 Å². The van der Waals surface area contributed by atoms with Crippen molar-refractivity contribution in [2.45, 2.75) is 43.9 Å². The number of hydrogen-bond acceptors (Lipinski definition) is 5. The summed E-state index contributed by atoms with van der Waals surface area (Å²) in [6, 6.07) is 21.0. The first kappa shape index (κ1) is 27.4. The Labute approximate surface area is 237 Å². The van der Waals surface area contributed by atoms with Gasteiger partial charge in [-0.25, -0.2) is 13.4 Å². The average molecular weight is 585 g/mol. The van der Waals surface area contributed by atoms with Crippen molar-refractivity contribution in [1.29, 1.82) is 0 Å². The standard InChI is InChI=1S/C29H27Cl2N3O4S/c1-19-12-13-21-9-5-11-25(28(21)33-19)38-18-22-23(30)14-15-26(27(22)31)39(36,37)34-16-6-10-24(34)29(35)32-17-20-7-3-2-4-8-20/h2-5,7-9,11-15,24H,6,10,16-18H2,1H3,(H,32,35). The number of halogens is 2. The van der Waals surface area contributed by atoms with E-state index in [0.29, 0.717) is 36.2 Å². The summed E-state index contributed by atoms with van der Waals surface area (Å²) >= 11 is 13.1. The Morgan fingerprint density at radius 2 is 1.85 bits per heavy atom. The van der Waals surface area contributed by atoms with E-state index in [2.05, 4.69) is 10.3 Å². The first-order valence-electron chi connectivity index (χ1n) is 12.6. The molecule has 2 heterocycles. The number of nitrogens with one attached hydrogen (secondary N) is 1. The lowest BCUT2D eigenvalue weighted by Crippen LogP contribution is -2.45. The minimum atomic E-state index is -4.09. The zero-order valence-corrected chi connectivity index (χ0v) is 23.6. The molecule has 7 nitrogen and oxygen atoms in total. The van der Waals surface area contributed by atoms with Crippen LogP contribution < -0.4 is 10.1 Å². The number of fused-ring (bicyclic) bond motifs is 1. The Morgan fingerprint density at radius 3 is 2.64 bits per heavy atom. The first-order chi connectivity index (χ1) is 18.8. The number of carbonyl (C=O) groups excluding carboxylic acids is 1. The predicted molar refractivity (Wildman–Crippen MR) is 152 cm³/mol. The Kier molecular flexibility index (Phi) is 8.09. The number of aromatic nitrogens is 1. The Balaban J connectivity index is 1.38. The van der Waals surface area contributed by atoms with E-state index in [1.54, 1.807) is 6.07 Å². The molecule has 10 heteroatoms. The summed E-state index contributed by atoms with van der Waals surface area (Å²) in [7, 11) is -4.09. The van der Waals surface area contributed by atoms with Crippen molar-refractivity contribution in [3.05, 3.63) is 99.7 Å². The van der Waals surface area contributed by atoms with E-state index in [4.69, 9.17) is 27.9 Å². The van der Waals surface area contributed by atoms with Crippen LogP contribution in [0.25, 0.3) is 10.9 Å². The number of ether oxygens (including phenoxy) is 1. The van der Waals surface area contributed by atoms with Gasteiger partial charge in [-0.3, -0.25) is 4.79 Å². The topological polar surface area (TPSA) is 88.6 Å². The molecule has 1 amide bonds. The first-order valence-corrected chi connectivity index (χ1v) is 14.7. The smallest absolute Gasteiger partial charge is 0.245 e. The predicted octanol–water partition coefficient (Wildman–Crippen LogP) is 5.90. The number of aryl methyl sites for hydroxylation is 1. The fraction of sp³-hybridized carbons (Fsp3) is 0.241. The van der Waals surface area contributed by atoms with Crippen molar-refractivity contribution >= 4 is 50.0 Å². The lowest BCUT2D eigenvalue weighted by molar-refractivity contribution is -0.124. The van der Waals surface area contributed by atoms with Gasteiger partial charge in [0.1, 0.15) is 28.8 Å². The third-order valence-corrected chi connectivity index (χ3v) is 9.60. The van der Waals surface area contributed by atoms with Gasteiger partial charge < -0.3 is 10.1 Å². The van der Waals surface area contributed by atoms with Gasteiger partial charge in [-0.2, -0.15) is 4.31 Å². The summed E-state index contributed by atoms with van der Waals surface area (Å²) in [6.07, 6.45) is 0.992. The van der Waals surface area contributed by atoms with Crippen molar-refractivity contribution in [2.75, 3.05) is 6.54 Å². The zero-order valence-electron chi connectivity index (χ0n) is 21.2. The van der Waals surface area contributed by atoms with Crippen molar-refractivity contribution in [3.63, 3.8) is 0 Å². The van der Waals surface area contributed by atoms with Crippen molar-refractivity contribution in [1.82, 2.24) is 14.6 Å². The highest BCUT2D eigenvalue weighted by atomic mass is 35.5. The van der Waals surface area contributed by atoms with E-state index in [0.717, 1.165) is 16.6 Å². The van der Waals surface area contributed by atoms with Gasteiger partial charge in [0, 0.05) is 34.8 Å². The van der Waals surface area contributed by atoms with Gasteiger partial charge in [-0.15, -0.1) is 0 Å². The van der Waals surface area contributed by atoms with Crippen LogP contribution in [0.15, 0.2) is 77.7 Å². The molecule has 0 spiro atoms. The molecule has 202 valence electrons. The summed E-state index contributed by atoms with van der Waals surface area (Å²) in [5, 5.41) is 4.03. The van der Waals surface area contributed by atoms with Gasteiger partial charge in [-0.1, -0.05) is 71.7 Å². The van der Waals surface area contributed by atoms with Gasteiger partial charge in [0.15, 0.2) is 0 Å². The van der Waals surface area contributed by atoms with Crippen LogP contribution in [0, 0.1) is 6.92 Å². The van der Waals surface area contributed by atoms with E-state index in [-0.39, 0.29) is 34.0 Å². The summed E-state index contributed by atoms with van der Waals surface area (Å²) in [4.78, 5) is 17.5. The summed E-state index contributed by atoms with van der Waals surface area (Å²) < 4.78 is 34.8. The van der Waals surface area contributed by atoms with Gasteiger partial charge in [-0.05, 0) is 49.6 Å². The Hall–Kier alpha value is -3.17. The number of carbonyl (C=O) groups is 1. The van der Waals surface area contributed by atoms with Crippen LogP contribution in [0.2, 0.25) is 10.0 Å². The molecule has 0 bridgehead atoms. The molecule has 1 N–H and O–H groups in total. The summed E-state index contributed by atoms with van der Waals surface area (Å²) in [6.45, 7) is 2.37. The largest absolute Gasteiger partial charge is 0.487 e. The number of para-hydroxylation sites is 1. The molecule has 1 aromatic heterocycles. The third-order valence-electron chi connectivity index (χ3n) is 6.75. The molecule has 1 saturated heterocycles. The van der Waals surface area contributed by atoms with Crippen molar-refractivity contribution in [3.8, 4) is 5.75 Å². The minimum absolute atomic E-state index is 0.0257. The number of nitrogens with zero attached hydrogens (tertiary/aromatic N) is 2. The van der Waals surface area contributed by atoms with Gasteiger partial charge in [0.25, 0.3) is 0 Å². The lowest BCUT2D eigenvalue weighted by Gasteiger charge is -2.24. The molecule has 0 aliphatic carbocycles. The SMILES string of the molecule is Cc1ccc2cccc(OCc3c(Cl)ccc(S(=O)(=O)N4CCCC4C(=O)NCc4ccccc4)c3Cl)c2n1. The molecule has 1 aliphatic heterocycles. The number of rotatable bonds is 8. The lowest BCUT2D eigenvalue weighted by atomic mass is 10.2. The third kappa shape index (κ3) is 5.75. The maximum Gasteiger partial charge on any atom is 0.245 e. The molecule has 0 radical (unpaired) electrons. The zero-order chi connectivity index (χ0) is 27.6. The van der Waals surface area contributed by atoms with Gasteiger partial charge in [0.2, 0.25) is 15.9 Å². The van der Waals surface area contributed by atoms with Gasteiger partial charge >= 0.3 is 0 Å². The maximum absolute atomic E-state index is 13.8. The highest BCUT2D eigenvalue weighted by molar-refractivity contribution is 7.89. The number of amides is 1. The minimum Gasteiger partial charge on any atom is -0.487 e. The molecule has 1 unspecified atom stereocenters. The second-order valence-corrected chi connectivity index (χ2v) is 12.0. The van der Waals surface area contributed by atoms with Crippen LogP contribution in [-0.4, -0.2) is 36.2 Å². The molecule has 0 saturated carbocycles. The summed E-state index contributed by atoms with van der Waals surface area (Å²) in [5.74, 6) is 0.193. The van der Waals surface area contributed by atoms with Crippen molar-refractivity contribution < 1.29 is 17.9 Å². The quantitative estimate of drug-likeness (QED) is 0.279. The van der Waals surface area contributed by atoms with Crippen LogP contribution >= 0.6 is 23.2 Å². The van der Waals surface area contributed by atoms with Crippen molar-refractivity contribution in [2.24, 2.45) is 0 Å². The Morgan fingerprint density at radius 1 is 1.05 bits per heavy atom. The van der Waals surface area contributed by atoms with E-state index in [1.165, 1.54) is 16.4 Å². The number of sulfonamides is 1. The maximum atomic E-state index is 13.8. The normalized spacial score (nSPS) is 15.9. The van der Waals surface area contributed by atoms with E-state index in [1.807, 2.05) is 61.5 Å². The van der Waals surface area contributed by atoms with Crippen LogP contribution in [0.1, 0.15) is 29.7 Å². The molecule has 3 aromatic carbocycles. The fourth-order valence-corrected chi connectivity index (χ4v) is 7.23. The van der Waals surface area contributed by atoms with Crippen LogP contribution in [0.3, 0.4) is 0 Å². The average Bonchev–Trinajstić information content (AvgIpc) is 3.43. The number of pyridine rings is 1. The van der Waals surface area contributed by atoms with E-state index >= 15 is 0 Å². The molecule has 4 aromatic rings. The Bertz CT molecular complexity index is 1630. The molecular weight excluding hydrogens is 557 g/mol. The fourth-order valence-electron chi connectivity index (χ4n) is 4.71. The molecular formula is C29H27Cl2N3O4S. The number of hydrogen-bond donors (Lipinski definition) is 1. The molecule has 1 atom stereocenters. The van der Waals surface area contributed by atoms with Crippen LogP contribution in [0.4, 0.5) is 0 Å². The molecule has 1 fully saturated rings. The van der Waals surface area contributed by atoms with Crippen LogP contribution in [-0.2, 0) is 28.0 Å². The highest BCUT2D eigenvalue weighted by Crippen LogP contribution is 2.36. The second kappa shape index (κ2) is 11.5. The molecule has 1 aliphatic rings. The highest BCUT2D eigenvalue weighted by Gasteiger charge is 2.40.